The summed E-state index contributed by atoms with van der Waals surface area (Å²) in [4.78, 5) is 0. The zero-order chi connectivity index (χ0) is 14.5. The summed E-state index contributed by atoms with van der Waals surface area (Å²) < 4.78 is 11.4. The molecule has 1 aliphatic heterocycles. The monoisotopic (exact) mass is 283 g/mol. The molecule has 3 heteroatoms. The molecule has 0 aliphatic carbocycles. The smallest absolute Gasteiger partial charge is 0.142 e. The molecule has 0 spiro atoms. The van der Waals surface area contributed by atoms with Crippen molar-refractivity contribution in [3.05, 3.63) is 60.2 Å². The zero-order valence-corrected chi connectivity index (χ0v) is 12.3. The van der Waals surface area contributed by atoms with Crippen LogP contribution in [0.3, 0.4) is 0 Å². The van der Waals surface area contributed by atoms with Gasteiger partial charge >= 0.3 is 0 Å². The van der Waals surface area contributed by atoms with Crippen molar-refractivity contribution in [2.45, 2.75) is 25.5 Å². The highest BCUT2D eigenvalue weighted by molar-refractivity contribution is 5.57. The Morgan fingerprint density at radius 1 is 1.10 bits per heavy atom. The molecule has 1 fully saturated rings. The van der Waals surface area contributed by atoms with E-state index in [-0.39, 0.29) is 12.1 Å². The SMILES string of the molecule is CC(Nc1ccccc1OC1CCOC1)c1ccccc1. The van der Waals surface area contributed by atoms with Gasteiger partial charge in [-0.05, 0) is 24.6 Å². The topological polar surface area (TPSA) is 30.5 Å². The van der Waals surface area contributed by atoms with Gasteiger partial charge in [-0.2, -0.15) is 0 Å². The molecule has 110 valence electrons. The molecule has 1 saturated heterocycles. The number of rotatable bonds is 5. The summed E-state index contributed by atoms with van der Waals surface area (Å²) in [6.07, 6.45) is 1.13. The predicted octanol–water partition coefficient (Wildman–Crippen LogP) is 4.03. The second-order valence-corrected chi connectivity index (χ2v) is 5.38. The molecule has 0 radical (unpaired) electrons. The van der Waals surface area contributed by atoms with Crippen LogP contribution in [0.25, 0.3) is 0 Å². The van der Waals surface area contributed by atoms with Crippen LogP contribution >= 0.6 is 0 Å². The third-order valence-corrected chi connectivity index (χ3v) is 3.74. The highest BCUT2D eigenvalue weighted by Gasteiger charge is 2.19. The molecule has 0 saturated carbocycles. The van der Waals surface area contributed by atoms with Crippen molar-refractivity contribution in [3.8, 4) is 5.75 Å². The van der Waals surface area contributed by atoms with Gasteiger partial charge in [-0.3, -0.25) is 0 Å². The first-order valence-electron chi connectivity index (χ1n) is 7.48. The maximum atomic E-state index is 6.06. The Morgan fingerprint density at radius 3 is 2.62 bits per heavy atom. The Bertz CT molecular complexity index is 564. The van der Waals surface area contributed by atoms with Crippen molar-refractivity contribution in [1.82, 2.24) is 0 Å². The van der Waals surface area contributed by atoms with E-state index in [4.69, 9.17) is 9.47 Å². The van der Waals surface area contributed by atoms with Crippen LogP contribution in [0.2, 0.25) is 0 Å². The number of anilines is 1. The fraction of sp³-hybridized carbons (Fsp3) is 0.333. The number of hydrogen-bond acceptors (Lipinski definition) is 3. The van der Waals surface area contributed by atoms with Crippen molar-refractivity contribution < 1.29 is 9.47 Å². The Morgan fingerprint density at radius 2 is 1.86 bits per heavy atom. The first-order chi connectivity index (χ1) is 10.3. The summed E-state index contributed by atoms with van der Waals surface area (Å²) in [5.41, 5.74) is 2.29. The molecule has 3 rings (SSSR count). The van der Waals surface area contributed by atoms with Crippen LogP contribution in [0, 0.1) is 0 Å². The van der Waals surface area contributed by atoms with E-state index in [9.17, 15) is 0 Å². The lowest BCUT2D eigenvalue weighted by Gasteiger charge is -2.20. The second kappa shape index (κ2) is 6.64. The molecule has 1 N–H and O–H groups in total. The van der Waals surface area contributed by atoms with Crippen LogP contribution in [-0.2, 0) is 4.74 Å². The first-order valence-corrected chi connectivity index (χ1v) is 7.48. The molecular weight excluding hydrogens is 262 g/mol. The number of nitrogens with one attached hydrogen (secondary N) is 1. The van der Waals surface area contributed by atoms with E-state index in [0.29, 0.717) is 6.61 Å². The average molecular weight is 283 g/mol. The van der Waals surface area contributed by atoms with Gasteiger partial charge in [-0.1, -0.05) is 42.5 Å². The molecule has 2 atom stereocenters. The van der Waals surface area contributed by atoms with Crippen LogP contribution in [0.1, 0.15) is 24.9 Å². The van der Waals surface area contributed by atoms with Crippen molar-refractivity contribution in [2.24, 2.45) is 0 Å². The first kappa shape index (κ1) is 14.0. The van der Waals surface area contributed by atoms with E-state index in [1.54, 1.807) is 0 Å². The van der Waals surface area contributed by atoms with Gasteiger partial charge in [0.2, 0.25) is 0 Å². The maximum Gasteiger partial charge on any atom is 0.142 e. The van der Waals surface area contributed by atoms with Crippen molar-refractivity contribution in [2.75, 3.05) is 18.5 Å². The van der Waals surface area contributed by atoms with Crippen LogP contribution in [-0.4, -0.2) is 19.3 Å². The van der Waals surface area contributed by atoms with E-state index in [1.807, 2.05) is 24.3 Å². The minimum atomic E-state index is 0.167. The predicted molar refractivity (Wildman–Crippen MR) is 84.8 cm³/mol. The number of para-hydroxylation sites is 2. The summed E-state index contributed by atoms with van der Waals surface area (Å²) in [6.45, 7) is 3.63. The van der Waals surface area contributed by atoms with Crippen LogP contribution in [0.5, 0.6) is 5.75 Å². The van der Waals surface area contributed by atoms with Crippen LogP contribution in [0.4, 0.5) is 5.69 Å². The van der Waals surface area contributed by atoms with Gasteiger partial charge in [0.05, 0.1) is 18.9 Å². The van der Waals surface area contributed by atoms with Crippen molar-refractivity contribution in [3.63, 3.8) is 0 Å². The van der Waals surface area contributed by atoms with E-state index >= 15 is 0 Å². The molecule has 1 heterocycles. The molecule has 2 aromatic carbocycles. The fourth-order valence-electron chi connectivity index (χ4n) is 2.53. The van der Waals surface area contributed by atoms with E-state index in [2.05, 4.69) is 42.6 Å². The van der Waals surface area contributed by atoms with Crippen LogP contribution in [0.15, 0.2) is 54.6 Å². The highest BCUT2D eigenvalue weighted by atomic mass is 16.5. The second-order valence-electron chi connectivity index (χ2n) is 5.38. The minimum absolute atomic E-state index is 0.167. The van der Waals surface area contributed by atoms with E-state index in [0.717, 1.165) is 24.5 Å². The van der Waals surface area contributed by atoms with Crippen molar-refractivity contribution >= 4 is 5.69 Å². The average Bonchev–Trinajstić information content (AvgIpc) is 3.03. The molecule has 0 bridgehead atoms. The molecular formula is C18H21NO2. The molecule has 0 amide bonds. The van der Waals surface area contributed by atoms with Gasteiger partial charge in [0.25, 0.3) is 0 Å². The summed E-state index contributed by atoms with van der Waals surface area (Å²) >= 11 is 0. The minimum Gasteiger partial charge on any atom is -0.486 e. The summed E-state index contributed by atoms with van der Waals surface area (Å²) in [7, 11) is 0. The fourth-order valence-corrected chi connectivity index (χ4v) is 2.53. The van der Waals surface area contributed by atoms with Gasteiger partial charge in [-0.15, -0.1) is 0 Å². The van der Waals surface area contributed by atoms with Gasteiger partial charge in [-0.25, -0.2) is 0 Å². The molecule has 3 nitrogen and oxygen atoms in total. The number of ether oxygens (including phenoxy) is 2. The van der Waals surface area contributed by atoms with Crippen LogP contribution < -0.4 is 10.1 Å². The lowest BCUT2D eigenvalue weighted by atomic mass is 10.1. The van der Waals surface area contributed by atoms with Gasteiger partial charge < -0.3 is 14.8 Å². The zero-order valence-electron chi connectivity index (χ0n) is 12.3. The third kappa shape index (κ3) is 3.56. The van der Waals surface area contributed by atoms with Crippen molar-refractivity contribution in [1.29, 1.82) is 0 Å². The number of benzene rings is 2. The van der Waals surface area contributed by atoms with E-state index in [1.165, 1.54) is 5.56 Å². The van der Waals surface area contributed by atoms with Gasteiger partial charge in [0, 0.05) is 12.5 Å². The Kier molecular flexibility index (Phi) is 4.41. The maximum absolute atomic E-state index is 6.06. The largest absolute Gasteiger partial charge is 0.486 e. The van der Waals surface area contributed by atoms with Gasteiger partial charge in [0.15, 0.2) is 0 Å². The lowest BCUT2D eigenvalue weighted by Crippen LogP contribution is -2.17. The van der Waals surface area contributed by atoms with Gasteiger partial charge in [0.1, 0.15) is 11.9 Å². The summed E-state index contributed by atoms with van der Waals surface area (Å²) in [6, 6.07) is 18.8. The Balaban J connectivity index is 1.72. The lowest BCUT2D eigenvalue weighted by molar-refractivity contribution is 0.142. The normalized spacial score (nSPS) is 19.2. The molecule has 2 aromatic rings. The highest BCUT2D eigenvalue weighted by Crippen LogP contribution is 2.29. The molecule has 2 unspecified atom stereocenters. The Hall–Kier alpha value is -2.00. The van der Waals surface area contributed by atoms with E-state index < -0.39 is 0 Å². The summed E-state index contributed by atoms with van der Waals surface area (Å²) in [5, 5.41) is 3.53. The third-order valence-electron chi connectivity index (χ3n) is 3.74. The molecule has 1 aliphatic rings. The molecule has 21 heavy (non-hydrogen) atoms. The standard InChI is InChI=1S/C18H21NO2/c1-14(15-7-3-2-4-8-15)19-17-9-5-6-10-18(17)21-16-11-12-20-13-16/h2-10,14,16,19H,11-13H2,1H3. The molecule has 0 aromatic heterocycles. The summed E-state index contributed by atoms with van der Waals surface area (Å²) in [5.74, 6) is 0.899. The quantitative estimate of drug-likeness (QED) is 0.898. The Labute approximate surface area is 125 Å². The number of hydrogen-bond donors (Lipinski definition) is 1.